The number of amides is 2. The highest BCUT2D eigenvalue weighted by molar-refractivity contribution is 5.83. The molecule has 0 aliphatic carbocycles. The zero-order valence-electron chi connectivity index (χ0n) is 24.9. The molecule has 1 rings (SSSR count). The molecule has 0 heterocycles. The van der Waals surface area contributed by atoms with Crippen LogP contribution in [-0.2, 0) is 25.6 Å². The van der Waals surface area contributed by atoms with Crippen LogP contribution in [0.2, 0.25) is 0 Å². The Labute approximate surface area is 245 Å². The second-order valence-electron chi connectivity index (χ2n) is 10.8. The molecular weight excluding hydrogens is 524 g/mol. The van der Waals surface area contributed by atoms with E-state index in [9.17, 15) is 19.2 Å². The first-order valence-electron chi connectivity index (χ1n) is 15.3. The number of carbonyl (C=O) groups is 4. The fourth-order valence-corrected chi connectivity index (χ4v) is 4.48. The van der Waals surface area contributed by atoms with Gasteiger partial charge in [-0.05, 0) is 37.3 Å². The van der Waals surface area contributed by atoms with Gasteiger partial charge in [0, 0.05) is 12.8 Å². The fraction of sp³-hybridized carbons (Fsp3) is 0.677. The molecule has 0 spiro atoms. The molecule has 0 aromatic heterocycles. The Balaban J connectivity index is 2.69. The Morgan fingerprint density at radius 2 is 1.10 bits per heavy atom. The van der Waals surface area contributed by atoms with Gasteiger partial charge in [-0.2, -0.15) is 0 Å². The van der Waals surface area contributed by atoms with Crippen LogP contribution in [0.15, 0.2) is 18.2 Å². The van der Waals surface area contributed by atoms with E-state index in [4.69, 9.17) is 32.4 Å². The Bertz CT molecular complexity index is 939. The topological polar surface area (TPSA) is 191 Å². The molecule has 10 heteroatoms. The average molecular weight is 577 g/mol. The summed E-state index contributed by atoms with van der Waals surface area (Å²) in [6, 6.07) is 2.87. The first kappa shape index (κ1) is 36.0. The maximum atomic E-state index is 12.7. The van der Waals surface area contributed by atoms with Gasteiger partial charge < -0.3 is 32.4 Å². The number of aryl methyl sites for hydroxylation is 1. The molecule has 0 unspecified atom stereocenters. The van der Waals surface area contributed by atoms with Crippen molar-refractivity contribution in [2.45, 2.75) is 135 Å². The number of esters is 2. The highest BCUT2D eigenvalue weighted by Crippen LogP contribution is 2.33. The van der Waals surface area contributed by atoms with Crippen LogP contribution in [-0.4, -0.2) is 35.8 Å². The van der Waals surface area contributed by atoms with Crippen molar-refractivity contribution < 1.29 is 28.7 Å². The van der Waals surface area contributed by atoms with Gasteiger partial charge in [-0.25, -0.2) is 9.59 Å². The highest BCUT2D eigenvalue weighted by atomic mass is 16.6. The predicted octanol–water partition coefficient (Wildman–Crippen LogP) is 4.32. The van der Waals surface area contributed by atoms with Gasteiger partial charge in [-0.1, -0.05) is 96.1 Å². The minimum atomic E-state index is -1.08. The third-order valence-electron chi connectivity index (χ3n) is 7.03. The second kappa shape index (κ2) is 21.7. The molecule has 0 saturated carbocycles. The lowest BCUT2D eigenvalue weighted by atomic mass is 10.0. The lowest BCUT2D eigenvalue weighted by Gasteiger charge is -2.18. The molecule has 2 atom stereocenters. The smallest absolute Gasteiger partial charge is 0.328 e. The lowest BCUT2D eigenvalue weighted by molar-refractivity contribution is -0.139. The van der Waals surface area contributed by atoms with Gasteiger partial charge in [0.2, 0.25) is 11.8 Å². The molecule has 10 nitrogen and oxygen atoms in total. The van der Waals surface area contributed by atoms with E-state index in [2.05, 4.69) is 6.92 Å². The molecule has 41 heavy (non-hydrogen) atoms. The van der Waals surface area contributed by atoms with E-state index in [-0.39, 0.29) is 37.2 Å². The summed E-state index contributed by atoms with van der Waals surface area (Å²) >= 11 is 0. The van der Waals surface area contributed by atoms with Crippen LogP contribution in [0.3, 0.4) is 0 Å². The first-order valence-corrected chi connectivity index (χ1v) is 15.3. The van der Waals surface area contributed by atoms with Gasteiger partial charge >= 0.3 is 11.9 Å². The molecule has 0 bridgehead atoms. The Morgan fingerprint density at radius 3 is 1.56 bits per heavy atom. The van der Waals surface area contributed by atoms with E-state index in [0.717, 1.165) is 19.3 Å². The number of unbranched alkanes of at least 4 members (excludes halogenated alkanes) is 12. The SMILES string of the molecule is CCCCCCCCCCCCCCCc1cccc(OC(=O)[C@@H](N)CCC(N)=O)c1OC(=O)[C@@H](N)CCC(N)=O. The van der Waals surface area contributed by atoms with Gasteiger partial charge in [-0.3, -0.25) is 9.59 Å². The van der Waals surface area contributed by atoms with E-state index in [1.165, 1.54) is 70.3 Å². The summed E-state index contributed by atoms with van der Waals surface area (Å²) in [5, 5.41) is 0. The minimum Gasteiger partial charge on any atom is -0.421 e. The van der Waals surface area contributed by atoms with Crippen LogP contribution in [0, 0.1) is 0 Å². The van der Waals surface area contributed by atoms with Gasteiger partial charge in [0.15, 0.2) is 11.5 Å². The molecule has 0 radical (unpaired) electrons. The largest absolute Gasteiger partial charge is 0.421 e. The number of ether oxygens (including phenoxy) is 2. The van der Waals surface area contributed by atoms with Crippen molar-refractivity contribution >= 4 is 23.8 Å². The molecule has 1 aromatic carbocycles. The summed E-state index contributed by atoms with van der Waals surface area (Å²) < 4.78 is 11.1. The highest BCUT2D eigenvalue weighted by Gasteiger charge is 2.24. The number of hydrogen-bond donors (Lipinski definition) is 4. The zero-order chi connectivity index (χ0) is 30.5. The summed E-state index contributed by atoms with van der Waals surface area (Å²) in [6.45, 7) is 2.24. The normalized spacial score (nSPS) is 12.5. The summed E-state index contributed by atoms with van der Waals surface area (Å²) in [6.07, 6.45) is 16.6. The second-order valence-corrected chi connectivity index (χ2v) is 10.8. The number of carbonyl (C=O) groups excluding carboxylic acids is 4. The van der Waals surface area contributed by atoms with Gasteiger partial charge in [-0.15, -0.1) is 0 Å². The molecule has 0 saturated heterocycles. The molecule has 232 valence electrons. The van der Waals surface area contributed by atoms with Crippen LogP contribution in [0.4, 0.5) is 0 Å². The third kappa shape index (κ3) is 16.8. The van der Waals surface area contributed by atoms with Crippen molar-refractivity contribution in [3.8, 4) is 11.5 Å². The minimum absolute atomic E-state index is 0.0277. The van der Waals surface area contributed by atoms with Crippen LogP contribution < -0.4 is 32.4 Å². The summed E-state index contributed by atoms with van der Waals surface area (Å²) in [5.41, 5.74) is 22.8. The lowest BCUT2D eigenvalue weighted by Crippen LogP contribution is -2.36. The standard InChI is InChI=1S/C31H52N4O6/c1-2-3-4-5-6-7-8-9-10-11-12-13-14-16-23-17-15-18-26(40-30(38)24(32)19-21-27(34)36)29(23)41-31(39)25(33)20-22-28(35)37/h15,17-18,24-25H,2-14,16,19-22,32-33H2,1H3,(H2,34,36)(H2,35,37)/t24-,25-/m0/s1. The van der Waals surface area contributed by atoms with Crippen LogP contribution in [0.25, 0.3) is 0 Å². The van der Waals surface area contributed by atoms with Crippen molar-refractivity contribution in [2.24, 2.45) is 22.9 Å². The van der Waals surface area contributed by atoms with E-state index < -0.39 is 35.8 Å². The molecular formula is C31H52N4O6. The zero-order valence-corrected chi connectivity index (χ0v) is 24.9. The van der Waals surface area contributed by atoms with Crippen molar-refractivity contribution in [1.29, 1.82) is 0 Å². The van der Waals surface area contributed by atoms with Gasteiger partial charge in [0.1, 0.15) is 12.1 Å². The maximum Gasteiger partial charge on any atom is 0.328 e. The number of nitrogens with two attached hydrogens (primary N) is 4. The number of para-hydroxylation sites is 1. The van der Waals surface area contributed by atoms with Crippen molar-refractivity contribution in [3.63, 3.8) is 0 Å². The maximum absolute atomic E-state index is 12.7. The van der Waals surface area contributed by atoms with E-state index in [1.54, 1.807) is 6.07 Å². The molecule has 0 aliphatic heterocycles. The quantitative estimate of drug-likeness (QED) is 0.0794. The number of benzene rings is 1. The Morgan fingerprint density at radius 1 is 0.659 bits per heavy atom. The molecule has 2 amide bonds. The van der Waals surface area contributed by atoms with E-state index in [1.807, 2.05) is 6.07 Å². The van der Waals surface area contributed by atoms with Crippen LogP contribution in [0.5, 0.6) is 11.5 Å². The van der Waals surface area contributed by atoms with Crippen molar-refractivity contribution in [1.82, 2.24) is 0 Å². The van der Waals surface area contributed by atoms with Crippen molar-refractivity contribution in [2.75, 3.05) is 0 Å². The van der Waals surface area contributed by atoms with E-state index >= 15 is 0 Å². The summed E-state index contributed by atoms with van der Waals surface area (Å²) in [7, 11) is 0. The molecule has 8 N–H and O–H groups in total. The van der Waals surface area contributed by atoms with Gasteiger partial charge in [0.25, 0.3) is 0 Å². The summed E-state index contributed by atoms with van der Waals surface area (Å²) in [5.74, 6) is -2.56. The predicted molar refractivity (Wildman–Crippen MR) is 160 cm³/mol. The van der Waals surface area contributed by atoms with E-state index in [0.29, 0.717) is 12.0 Å². The number of rotatable bonds is 24. The molecule has 1 aromatic rings. The first-order chi connectivity index (χ1) is 19.6. The molecule has 0 fully saturated rings. The fourth-order valence-electron chi connectivity index (χ4n) is 4.48. The van der Waals surface area contributed by atoms with Crippen molar-refractivity contribution in [3.05, 3.63) is 23.8 Å². The Kier molecular flexibility index (Phi) is 19.1. The Hall–Kier alpha value is -2.98. The number of primary amides is 2. The summed E-state index contributed by atoms with van der Waals surface area (Å²) in [4.78, 5) is 47.4. The number of hydrogen-bond acceptors (Lipinski definition) is 8. The van der Waals surface area contributed by atoms with Gasteiger partial charge in [0.05, 0.1) is 0 Å². The monoisotopic (exact) mass is 576 g/mol. The average Bonchev–Trinajstić information content (AvgIpc) is 2.93. The molecule has 0 aliphatic rings. The third-order valence-corrected chi connectivity index (χ3v) is 7.03. The van der Waals surface area contributed by atoms with Crippen LogP contribution in [0.1, 0.15) is 122 Å². The van der Waals surface area contributed by atoms with Crippen LogP contribution >= 0.6 is 0 Å².